The molecule has 2 heterocycles. The molecule has 9 heteroatoms. The molecule has 1 saturated heterocycles. The van der Waals surface area contributed by atoms with Crippen LogP contribution < -0.4 is 15.1 Å². The first-order chi connectivity index (χ1) is 14.4. The predicted octanol–water partition coefficient (Wildman–Crippen LogP) is 5.22. The second kappa shape index (κ2) is 8.64. The van der Waals surface area contributed by atoms with Crippen molar-refractivity contribution < 1.29 is 18.7 Å². The van der Waals surface area contributed by atoms with E-state index in [0.717, 1.165) is 15.8 Å². The van der Waals surface area contributed by atoms with E-state index in [0.29, 0.717) is 33.5 Å². The molecule has 0 spiro atoms. The number of benzene rings is 2. The van der Waals surface area contributed by atoms with Gasteiger partial charge in [-0.3, -0.25) is 4.79 Å². The molecule has 0 bridgehead atoms. The maximum absolute atomic E-state index is 13.3. The van der Waals surface area contributed by atoms with Gasteiger partial charge in [0.2, 0.25) is 0 Å². The summed E-state index contributed by atoms with van der Waals surface area (Å²) in [6, 6.07) is 10.8. The number of ether oxygens (including phenoxy) is 2. The van der Waals surface area contributed by atoms with Crippen molar-refractivity contribution in [2.24, 2.45) is 0 Å². The zero-order valence-corrected chi connectivity index (χ0v) is 20.1. The van der Waals surface area contributed by atoms with E-state index in [2.05, 4.69) is 31.9 Å². The third kappa shape index (κ3) is 3.86. The number of amides is 1. The lowest BCUT2D eigenvalue weighted by molar-refractivity contribution is 0.0756. The number of fused-ring (bicyclic) bond motifs is 1. The highest BCUT2D eigenvalue weighted by Crippen LogP contribution is 2.41. The number of methoxy groups -OCH3 is 2. The van der Waals surface area contributed by atoms with Crippen LogP contribution in [0.25, 0.3) is 11.0 Å². The van der Waals surface area contributed by atoms with Crippen LogP contribution in [0.1, 0.15) is 21.3 Å². The monoisotopic (exact) mass is 553 g/mol. The lowest BCUT2D eigenvalue weighted by atomic mass is 10.1. The number of rotatable bonds is 4. The van der Waals surface area contributed by atoms with Crippen molar-refractivity contribution >= 4 is 60.5 Å². The molecule has 4 rings (SSSR count). The van der Waals surface area contributed by atoms with Crippen molar-refractivity contribution in [2.75, 3.05) is 26.5 Å². The largest absolute Gasteiger partial charge is 0.493 e. The average molecular weight is 555 g/mol. The van der Waals surface area contributed by atoms with Gasteiger partial charge < -0.3 is 18.8 Å². The van der Waals surface area contributed by atoms with Crippen LogP contribution in [0.15, 0.2) is 54.6 Å². The van der Waals surface area contributed by atoms with Crippen molar-refractivity contribution in [3.8, 4) is 11.5 Å². The van der Waals surface area contributed by atoms with Crippen molar-refractivity contribution in [2.45, 2.75) is 5.37 Å². The molecule has 1 amide bonds. The molecule has 0 radical (unpaired) electrons. The number of thioether (sulfide) groups is 1. The molecular formula is C21H17Br2NO5S. The van der Waals surface area contributed by atoms with E-state index in [4.69, 9.17) is 13.9 Å². The molecule has 156 valence electrons. The minimum absolute atomic E-state index is 0.0143. The van der Waals surface area contributed by atoms with Gasteiger partial charge in [-0.2, -0.15) is 0 Å². The van der Waals surface area contributed by atoms with E-state index in [-0.39, 0.29) is 16.8 Å². The van der Waals surface area contributed by atoms with Gasteiger partial charge in [0, 0.05) is 22.2 Å². The maximum atomic E-state index is 13.3. The summed E-state index contributed by atoms with van der Waals surface area (Å²) in [5.74, 6) is 1.62. The van der Waals surface area contributed by atoms with Crippen LogP contribution in [0.4, 0.5) is 0 Å². The highest BCUT2D eigenvalue weighted by Gasteiger charge is 2.33. The molecule has 2 aromatic carbocycles. The van der Waals surface area contributed by atoms with Gasteiger partial charge in [-0.1, -0.05) is 22.0 Å². The van der Waals surface area contributed by atoms with E-state index in [1.54, 1.807) is 43.0 Å². The van der Waals surface area contributed by atoms with E-state index in [1.165, 1.54) is 0 Å². The van der Waals surface area contributed by atoms with E-state index in [9.17, 15) is 9.59 Å². The summed E-state index contributed by atoms with van der Waals surface area (Å²) in [5.41, 5.74) is 0.671. The molecule has 3 aromatic rings. The lowest BCUT2D eigenvalue weighted by Gasteiger charge is -2.24. The van der Waals surface area contributed by atoms with Gasteiger partial charge in [-0.25, -0.2) is 4.79 Å². The Kier molecular flexibility index (Phi) is 6.13. The molecule has 1 aliphatic rings. The topological polar surface area (TPSA) is 69.0 Å². The quantitative estimate of drug-likeness (QED) is 0.412. The van der Waals surface area contributed by atoms with Crippen molar-refractivity contribution in [1.29, 1.82) is 0 Å². The number of halogens is 2. The Hall–Kier alpha value is -1.97. The van der Waals surface area contributed by atoms with Crippen LogP contribution in [-0.2, 0) is 0 Å². The van der Waals surface area contributed by atoms with Crippen LogP contribution in [0.2, 0.25) is 0 Å². The Balaban J connectivity index is 1.72. The second-order valence-electron chi connectivity index (χ2n) is 6.59. The zero-order valence-electron chi connectivity index (χ0n) is 16.1. The smallest absolute Gasteiger partial charge is 0.349 e. The summed E-state index contributed by atoms with van der Waals surface area (Å²) < 4.78 is 17.6. The van der Waals surface area contributed by atoms with Gasteiger partial charge in [0.1, 0.15) is 10.9 Å². The molecule has 0 N–H and O–H groups in total. The molecule has 1 atom stereocenters. The van der Waals surface area contributed by atoms with Crippen LogP contribution >= 0.6 is 43.6 Å². The number of carbonyl (C=O) groups excluding carboxylic acids is 1. The fourth-order valence-electron chi connectivity index (χ4n) is 3.42. The summed E-state index contributed by atoms with van der Waals surface area (Å²) in [4.78, 5) is 27.6. The van der Waals surface area contributed by atoms with E-state index >= 15 is 0 Å². The molecule has 6 nitrogen and oxygen atoms in total. The Morgan fingerprint density at radius 3 is 2.63 bits per heavy atom. The molecule has 0 unspecified atom stereocenters. The van der Waals surface area contributed by atoms with Gasteiger partial charge in [-0.15, -0.1) is 11.8 Å². The van der Waals surface area contributed by atoms with Crippen molar-refractivity contribution in [1.82, 2.24) is 4.90 Å². The highest BCUT2D eigenvalue weighted by atomic mass is 79.9. The third-order valence-corrected chi connectivity index (χ3v) is 7.13. The number of nitrogens with zero attached hydrogens (tertiary/aromatic N) is 1. The standard InChI is InChI=1S/C21H17Br2NO5S/c1-27-16-4-3-11(9-17(16)28-2)20-24(5-6-30-20)19(25)14-8-12-7-13(22)10-15(23)18(12)29-21(14)26/h3-4,7-10,20H,5-6H2,1-2H3/t20-/m1/s1. The minimum Gasteiger partial charge on any atom is -0.493 e. The van der Waals surface area contributed by atoms with Crippen molar-refractivity contribution in [3.05, 3.63) is 66.9 Å². The fourth-order valence-corrected chi connectivity index (χ4v) is 6.01. The molecule has 0 aliphatic carbocycles. The van der Waals surface area contributed by atoms with Gasteiger partial charge in [0.25, 0.3) is 5.91 Å². The van der Waals surface area contributed by atoms with Crippen LogP contribution in [-0.4, -0.2) is 37.3 Å². The van der Waals surface area contributed by atoms with E-state index in [1.807, 2.05) is 24.3 Å². The maximum Gasteiger partial charge on any atom is 0.349 e. The third-order valence-electron chi connectivity index (χ3n) is 4.83. The summed E-state index contributed by atoms with van der Waals surface area (Å²) in [6.45, 7) is 0.530. The Labute approximate surface area is 193 Å². The summed E-state index contributed by atoms with van der Waals surface area (Å²) in [7, 11) is 3.15. The predicted molar refractivity (Wildman–Crippen MR) is 124 cm³/mol. The van der Waals surface area contributed by atoms with Crippen LogP contribution in [0.5, 0.6) is 11.5 Å². The second-order valence-corrected chi connectivity index (χ2v) is 9.55. The van der Waals surface area contributed by atoms with Crippen molar-refractivity contribution in [3.63, 3.8) is 0 Å². The van der Waals surface area contributed by atoms with Gasteiger partial charge in [-0.05, 0) is 51.8 Å². The molecule has 1 aromatic heterocycles. The minimum atomic E-state index is -0.654. The lowest BCUT2D eigenvalue weighted by Crippen LogP contribution is -2.33. The SMILES string of the molecule is COc1ccc([C@H]2SCCN2C(=O)c2cc3cc(Br)cc(Br)c3oc2=O)cc1OC. The average Bonchev–Trinajstić information content (AvgIpc) is 3.22. The van der Waals surface area contributed by atoms with Crippen LogP contribution in [0, 0.1) is 0 Å². The van der Waals surface area contributed by atoms with E-state index < -0.39 is 5.63 Å². The normalized spacial score (nSPS) is 16.1. The highest BCUT2D eigenvalue weighted by molar-refractivity contribution is 9.11. The molecule has 0 saturated carbocycles. The molecule has 1 fully saturated rings. The number of hydrogen-bond acceptors (Lipinski definition) is 6. The Morgan fingerprint density at radius 1 is 1.13 bits per heavy atom. The molecule has 30 heavy (non-hydrogen) atoms. The Morgan fingerprint density at radius 2 is 1.90 bits per heavy atom. The fraction of sp³-hybridized carbons (Fsp3) is 0.238. The number of carbonyl (C=O) groups is 1. The van der Waals surface area contributed by atoms with Gasteiger partial charge in [0.05, 0.1) is 18.7 Å². The molecular weight excluding hydrogens is 538 g/mol. The molecule has 1 aliphatic heterocycles. The first kappa shape index (κ1) is 21.3. The summed E-state index contributed by atoms with van der Waals surface area (Å²) in [5, 5.41) is 0.426. The first-order valence-corrected chi connectivity index (χ1v) is 11.6. The zero-order chi connectivity index (χ0) is 21.4. The Bertz CT molecular complexity index is 1200. The van der Waals surface area contributed by atoms with Gasteiger partial charge >= 0.3 is 5.63 Å². The first-order valence-electron chi connectivity index (χ1n) is 9.00. The summed E-state index contributed by atoms with van der Waals surface area (Å²) in [6.07, 6.45) is 0. The van der Waals surface area contributed by atoms with Gasteiger partial charge in [0.15, 0.2) is 17.1 Å². The van der Waals surface area contributed by atoms with Crippen LogP contribution in [0.3, 0.4) is 0 Å². The number of hydrogen-bond donors (Lipinski definition) is 0. The summed E-state index contributed by atoms with van der Waals surface area (Å²) >= 11 is 8.45.